The predicted molar refractivity (Wildman–Crippen MR) is 56.5 cm³/mol. The maximum atomic E-state index is 13.4. The van der Waals surface area contributed by atoms with Crippen molar-refractivity contribution in [3.05, 3.63) is 47.9 Å². The monoisotopic (exact) mass is 220 g/mol. The molecule has 0 fully saturated rings. The molecule has 0 aliphatic rings. The van der Waals surface area contributed by atoms with Gasteiger partial charge in [-0.05, 0) is 17.7 Å². The molecular weight excluding hydrogens is 209 g/mol. The van der Waals surface area contributed by atoms with Gasteiger partial charge in [0.2, 0.25) is 0 Å². The second-order valence-corrected chi connectivity index (χ2v) is 3.32. The van der Waals surface area contributed by atoms with Gasteiger partial charge in [0.25, 0.3) is 0 Å². The zero-order chi connectivity index (χ0) is 11.5. The Labute approximate surface area is 92.7 Å². The van der Waals surface area contributed by atoms with E-state index in [1.54, 1.807) is 36.5 Å². The van der Waals surface area contributed by atoms with Gasteiger partial charge in [-0.2, -0.15) is 0 Å². The number of hydrogen-bond donors (Lipinski definition) is 0. The number of benzene rings is 1. The van der Waals surface area contributed by atoms with Crippen molar-refractivity contribution < 1.29 is 9.13 Å². The van der Waals surface area contributed by atoms with Gasteiger partial charge in [0, 0.05) is 13.5 Å². The second kappa shape index (κ2) is 4.30. The van der Waals surface area contributed by atoms with Crippen LogP contribution in [0.15, 0.2) is 24.4 Å². The number of halogens is 1. The van der Waals surface area contributed by atoms with Crippen LogP contribution in [0.25, 0.3) is 0 Å². The number of methoxy groups -OCH3 is 1. The Kier molecular flexibility index (Phi) is 2.85. The van der Waals surface area contributed by atoms with Gasteiger partial charge in [0.15, 0.2) is 11.6 Å². The largest absolute Gasteiger partial charge is 0.494 e. The molecule has 0 saturated heterocycles. The van der Waals surface area contributed by atoms with E-state index in [2.05, 4.69) is 10.3 Å². The molecule has 5 heteroatoms. The van der Waals surface area contributed by atoms with Crippen LogP contribution >= 0.6 is 0 Å². The van der Waals surface area contributed by atoms with Gasteiger partial charge >= 0.3 is 0 Å². The minimum Gasteiger partial charge on any atom is -0.494 e. The topological polar surface area (TPSA) is 39.9 Å². The first kappa shape index (κ1) is 10.6. The Morgan fingerprint density at radius 3 is 2.81 bits per heavy atom. The first-order valence-electron chi connectivity index (χ1n) is 4.73. The molecule has 0 amide bonds. The van der Waals surface area contributed by atoms with Gasteiger partial charge in [0.05, 0.1) is 19.0 Å². The van der Waals surface area contributed by atoms with E-state index < -0.39 is 0 Å². The van der Waals surface area contributed by atoms with Crippen molar-refractivity contribution in [3.8, 4) is 5.75 Å². The highest BCUT2D eigenvalue weighted by Crippen LogP contribution is 2.20. The highest BCUT2D eigenvalue weighted by atomic mass is 19.1. The average molecular weight is 220 g/mol. The lowest BCUT2D eigenvalue weighted by atomic mass is 10.1. The molecule has 2 aromatic rings. The van der Waals surface area contributed by atoms with Crippen molar-refractivity contribution in [2.24, 2.45) is 7.05 Å². The summed E-state index contributed by atoms with van der Waals surface area (Å²) in [6.45, 7) is 0. The predicted octanol–water partition coefficient (Wildman–Crippen LogP) is 1.56. The number of hydrogen-bond acceptors (Lipinski definition) is 3. The van der Waals surface area contributed by atoms with Crippen LogP contribution < -0.4 is 4.74 Å². The molecule has 0 atom stereocenters. The lowest BCUT2D eigenvalue weighted by Gasteiger charge is -2.04. The van der Waals surface area contributed by atoms with Crippen molar-refractivity contribution in [1.82, 2.24) is 15.0 Å². The van der Waals surface area contributed by atoms with E-state index in [1.165, 1.54) is 13.2 Å². The molecule has 16 heavy (non-hydrogen) atoms. The Morgan fingerprint density at radius 2 is 2.25 bits per heavy atom. The van der Waals surface area contributed by atoms with Crippen molar-refractivity contribution >= 4 is 0 Å². The number of rotatable bonds is 3. The van der Waals surface area contributed by atoms with Crippen molar-refractivity contribution in [3.63, 3.8) is 0 Å². The lowest BCUT2D eigenvalue weighted by Crippen LogP contribution is -1.98. The van der Waals surface area contributed by atoms with Crippen molar-refractivity contribution in [2.75, 3.05) is 7.11 Å². The van der Waals surface area contributed by atoms with Crippen LogP contribution in [-0.2, 0) is 7.05 Å². The molecule has 0 aliphatic carbocycles. The third-order valence-electron chi connectivity index (χ3n) is 2.24. The maximum Gasteiger partial charge on any atom is 0.165 e. The molecular formula is C11H11FN3O. The van der Waals surface area contributed by atoms with Crippen LogP contribution in [0.5, 0.6) is 5.75 Å². The Bertz CT molecular complexity index is 496. The average Bonchev–Trinajstić information content (AvgIpc) is 2.65. The van der Waals surface area contributed by atoms with Gasteiger partial charge in [0.1, 0.15) is 0 Å². The minimum absolute atomic E-state index is 0.236. The zero-order valence-electron chi connectivity index (χ0n) is 9.01. The molecule has 83 valence electrons. The Morgan fingerprint density at radius 1 is 1.44 bits per heavy atom. The van der Waals surface area contributed by atoms with Crippen molar-refractivity contribution in [2.45, 2.75) is 0 Å². The molecule has 1 aromatic heterocycles. The normalized spacial score (nSPS) is 10.4. The lowest BCUT2D eigenvalue weighted by molar-refractivity contribution is 0.386. The van der Waals surface area contributed by atoms with E-state index >= 15 is 0 Å². The summed E-state index contributed by atoms with van der Waals surface area (Å²) in [5, 5.41) is 7.52. The summed E-state index contributed by atoms with van der Waals surface area (Å²) in [5.41, 5.74) is 1.55. The van der Waals surface area contributed by atoms with Crippen LogP contribution in [0.4, 0.5) is 4.39 Å². The SMILES string of the molecule is COc1ccc([CH]c2cnnn2C)cc1F. The highest BCUT2D eigenvalue weighted by molar-refractivity contribution is 5.37. The third kappa shape index (κ3) is 2.03. The van der Waals surface area contributed by atoms with E-state index in [4.69, 9.17) is 4.74 Å². The molecule has 1 radical (unpaired) electrons. The molecule has 0 aliphatic heterocycles. The first-order chi connectivity index (χ1) is 7.70. The fraction of sp³-hybridized carbons (Fsp3) is 0.182. The maximum absolute atomic E-state index is 13.4. The molecule has 0 saturated carbocycles. The number of aromatic nitrogens is 3. The number of aryl methyl sites for hydroxylation is 1. The Hall–Kier alpha value is -1.91. The molecule has 0 bridgehead atoms. The molecule has 0 spiro atoms. The van der Waals surface area contributed by atoms with Gasteiger partial charge in [-0.25, -0.2) is 4.39 Å². The van der Waals surface area contributed by atoms with E-state index in [1.807, 2.05) is 0 Å². The molecule has 2 rings (SSSR count). The molecule has 0 unspecified atom stereocenters. The second-order valence-electron chi connectivity index (χ2n) is 3.32. The standard InChI is InChI=1S/C11H11FN3O/c1-15-9(7-13-14-15)5-8-3-4-11(16-2)10(12)6-8/h3-7H,1-2H3. The smallest absolute Gasteiger partial charge is 0.165 e. The molecule has 4 nitrogen and oxygen atoms in total. The molecule has 1 heterocycles. The van der Waals surface area contributed by atoms with Gasteiger partial charge in [-0.3, -0.25) is 4.68 Å². The van der Waals surface area contributed by atoms with Crippen LogP contribution in [0.2, 0.25) is 0 Å². The van der Waals surface area contributed by atoms with Crippen LogP contribution in [0, 0.1) is 12.2 Å². The summed E-state index contributed by atoms with van der Waals surface area (Å²) in [7, 11) is 3.21. The van der Waals surface area contributed by atoms with Gasteiger partial charge < -0.3 is 4.74 Å². The fourth-order valence-electron chi connectivity index (χ4n) is 1.37. The van der Waals surface area contributed by atoms with Gasteiger partial charge in [-0.1, -0.05) is 11.3 Å². The van der Waals surface area contributed by atoms with Gasteiger partial charge in [-0.15, -0.1) is 5.10 Å². The van der Waals surface area contributed by atoms with Crippen LogP contribution in [-0.4, -0.2) is 22.1 Å². The van der Waals surface area contributed by atoms with Crippen molar-refractivity contribution in [1.29, 1.82) is 0 Å². The fourth-order valence-corrected chi connectivity index (χ4v) is 1.37. The quantitative estimate of drug-likeness (QED) is 0.788. The number of ether oxygens (including phenoxy) is 1. The number of nitrogens with zero attached hydrogens (tertiary/aromatic N) is 3. The minimum atomic E-state index is -0.383. The molecule has 0 N–H and O–H groups in total. The summed E-state index contributed by atoms with van der Waals surface area (Å²) in [4.78, 5) is 0. The Balaban J connectivity index is 2.23. The van der Waals surface area contributed by atoms with E-state index in [0.29, 0.717) is 0 Å². The zero-order valence-corrected chi connectivity index (χ0v) is 9.01. The summed E-state index contributed by atoms with van der Waals surface area (Å²) >= 11 is 0. The van der Waals surface area contributed by atoms with Crippen LogP contribution in [0.1, 0.15) is 11.3 Å². The van der Waals surface area contributed by atoms with E-state index in [0.717, 1.165) is 11.3 Å². The summed E-state index contributed by atoms with van der Waals surface area (Å²) < 4.78 is 19.8. The summed E-state index contributed by atoms with van der Waals surface area (Å²) in [5.74, 6) is -0.147. The summed E-state index contributed by atoms with van der Waals surface area (Å²) in [6.07, 6.45) is 3.41. The third-order valence-corrected chi connectivity index (χ3v) is 2.24. The van der Waals surface area contributed by atoms with E-state index in [-0.39, 0.29) is 11.6 Å². The highest BCUT2D eigenvalue weighted by Gasteiger charge is 2.06. The van der Waals surface area contributed by atoms with Crippen LogP contribution in [0.3, 0.4) is 0 Å². The van der Waals surface area contributed by atoms with E-state index in [9.17, 15) is 4.39 Å². The first-order valence-corrected chi connectivity index (χ1v) is 4.73. The molecule has 1 aromatic carbocycles. The summed E-state index contributed by atoms with van der Waals surface area (Å²) in [6, 6.07) is 4.77.